The molecule has 0 bridgehead atoms. The van der Waals surface area contributed by atoms with E-state index in [4.69, 9.17) is 60.3 Å². The molecule has 8 aromatic carbocycles. The molecule has 0 saturated carbocycles. The maximum Gasteiger partial charge on any atom is 0.335 e. The van der Waals surface area contributed by atoms with E-state index in [-0.39, 0.29) is 26.4 Å². The molecule has 4 aliphatic heterocycles. The van der Waals surface area contributed by atoms with E-state index in [9.17, 15) is 0 Å². The van der Waals surface area contributed by atoms with Gasteiger partial charge in [0.2, 0.25) is 0 Å². The number of hydrogen-bond acceptors (Lipinski definition) is 13. The first-order valence-corrected chi connectivity index (χ1v) is 31.3. The molecule has 4 aliphatic rings. The highest BCUT2D eigenvalue weighted by molar-refractivity contribution is 7.42. The van der Waals surface area contributed by atoms with Gasteiger partial charge < -0.3 is 42.2 Å². The van der Waals surface area contributed by atoms with Crippen molar-refractivity contribution in [1.29, 1.82) is 0 Å². The van der Waals surface area contributed by atoms with Crippen LogP contribution in [0.5, 0.6) is 0 Å². The maximum atomic E-state index is 7.42. The van der Waals surface area contributed by atoms with E-state index in [0.29, 0.717) is 26.4 Å². The summed E-state index contributed by atoms with van der Waals surface area (Å²) in [5.74, 6) is -2.01. The van der Waals surface area contributed by atoms with Gasteiger partial charge in [-0.25, -0.2) is 0 Å². The number of rotatable bonds is 22. The topological polar surface area (TPSA) is 120 Å². The average molecular weight is 1180 g/mol. The summed E-state index contributed by atoms with van der Waals surface area (Å²) in [6, 6.07) is 81.2. The minimum atomic E-state index is -2.15. The van der Waals surface area contributed by atoms with Crippen LogP contribution in [0.2, 0.25) is 0 Å². The molecule has 0 N–H and O–H groups in total. The number of fused-ring (bicyclic) bond motifs is 2. The Balaban J connectivity index is 0.704. The average Bonchev–Trinajstić information content (AvgIpc) is 1.63. The standard InChI is InChI=1S/C70H72O13P2/c1-65(2)76-61-62(77-65)68(55-33-17-7-18-34-55,56-35-19-8-20-36-56)81-84(80-67(61,53-29-13-5-14-30-53)54-31-15-6-16-32-54)74-51-49-72-47-45-71-46-48-73-50-52-75-85-82-69(57-37-21-9-22-38-57,58-39-23-10-24-40-58)63-64(79-66(3,4)78-63)70(83-85,59-41-25-11-26-42-59)60-43-27-12-28-44-60/h5-44,61-64H,45-52H2,1-4H3/t61-,62-,63-,64-/m0/s1. The largest absolute Gasteiger partial charge is 0.377 e. The van der Waals surface area contributed by atoms with Gasteiger partial charge in [0.15, 0.2) is 34.0 Å². The van der Waals surface area contributed by atoms with Crippen molar-refractivity contribution in [2.45, 2.75) is 86.1 Å². The van der Waals surface area contributed by atoms with E-state index in [1.807, 2.05) is 173 Å². The highest BCUT2D eigenvalue weighted by atomic mass is 31.2. The van der Waals surface area contributed by atoms with Crippen LogP contribution in [0.25, 0.3) is 0 Å². The van der Waals surface area contributed by atoms with Crippen LogP contribution in [0.4, 0.5) is 0 Å². The Bertz CT molecular complexity index is 2750. The third kappa shape index (κ3) is 12.0. The predicted octanol–water partition coefficient (Wildman–Crippen LogP) is 14.4. The van der Waals surface area contributed by atoms with E-state index < -0.39 is 75.6 Å². The van der Waals surface area contributed by atoms with Crippen LogP contribution < -0.4 is 0 Å². The molecule has 4 fully saturated rings. The molecular formula is C70H72O13P2. The Morgan fingerprint density at radius 2 is 0.424 bits per heavy atom. The van der Waals surface area contributed by atoms with Crippen molar-refractivity contribution in [1.82, 2.24) is 0 Å². The third-order valence-electron chi connectivity index (χ3n) is 15.9. The van der Waals surface area contributed by atoms with Crippen molar-refractivity contribution in [2.24, 2.45) is 0 Å². The van der Waals surface area contributed by atoms with Crippen LogP contribution in [0.3, 0.4) is 0 Å². The monoisotopic (exact) mass is 1180 g/mol. The van der Waals surface area contributed by atoms with E-state index in [2.05, 4.69) is 97.1 Å². The van der Waals surface area contributed by atoms with Crippen molar-refractivity contribution in [2.75, 3.05) is 52.9 Å². The van der Waals surface area contributed by atoms with Gasteiger partial charge in [0.05, 0.1) is 52.9 Å². The normalized spacial score (nSPS) is 22.8. The summed E-state index contributed by atoms with van der Waals surface area (Å²) in [5.41, 5.74) is 2.10. The SMILES string of the molecule is CC1(C)O[C@H]2[C@H](O1)C(c1ccccc1)(c1ccccc1)OP(OCCOCCOCCOCCOP1OC(c3ccccc3)(c3ccccc3)[C@H]3OC(C)(C)O[C@@H]3C(c3ccccc3)(c3ccccc3)O1)OC2(c1ccccc1)c1ccccc1. The van der Waals surface area contributed by atoms with Gasteiger partial charge in [-0.05, 0) is 72.2 Å². The van der Waals surface area contributed by atoms with Crippen LogP contribution >= 0.6 is 17.2 Å². The lowest BCUT2D eigenvalue weighted by atomic mass is 9.72. The molecule has 0 aromatic heterocycles. The molecule has 0 radical (unpaired) electrons. The number of benzene rings is 8. The highest BCUT2D eigenvalue weighted by Crippen LogP contribution is 2.67. The molecule has 4 atom stereocenters. The van der Waals surface area contributed by atoms with Crippen molar-refractivity contribution >= 4 is 17.2 Å². The Labute approximate surface area is 501 Å². The zero-order chi connectivity index (χ0) is 58.2. The van der Waals surface area contributed by atoms with Crippen molar-refractivity contribution in [3.05, 3.63) is 287 Å². The summed E-state index contributed by atoms with van der Waals surface area (Å²) in [4.78, 5) is 0. The summed E-state index contributed by atoms with van der Waals surface area (Å²) in [5, 5.41) is 0. The second kappa shape index (κ2) is 26.2. The lowest BCUT2D eigenvalue weighted by Gasteiger charge is -2.41. The molecule has 8 aromatic rings. The fourth-order valence-corrected chi connectivity index (χ4v) is 15.2. The molecule has 4 saturated heterocycles. The fraction of sp³-hybridized carbons (Fsp3) is 0.314. The quantitative estimate of drug-likeness (QED) is 0.0473. The van der Waals surface area contributed by atoms with Gasteiger partial charge in [-0.3, -0.25) is 18.1 Å². The van der Waals surface area contributed by atoms with Gasteiger partial charge in [0, 0.05) is 0 Å². The van der Waals surface area contributed by atoms with Crippen LogP contribution in [0.15, 0.2) is 243 Å². The highest BCUT2D eigenvalue weighted by Gasteiger charge is 2.69. The first-order valence-electron chi connectivity index (χ1n) is 29.1. The molecule has 440 valence electrons. The molecule has 0 unspecified atom stereocenters. The van der Waals surface area contributed by atoms with Gasteiger partial charge in [0.1, 0.15) is 24.4 Å². The van der Waals surface area contributed by atoms with Crippen molar-refractivity contribution < 1.29 is 60.3 Å². The van der Waals surface area contributed by atoms with E-state index in [1.165, 1.54) is 0 Å². The lowest BCUT2D eigenvalue weighted by molar-refractivity contribution is -0.176. The van der Waals surface area contributed by atoms with Crippen LogP contribution in [-0.2, 0) is 82.7 Å². The first-order chi connectivity index (χ1) is 41.6. The third-order valence-corrected chi connectivity index (χ3v) is 18.4. The fourth-order valence-electron chi connectivity index (χ4n) is 12.3. The summed E-state index contributed by atoms with van der Waals surface area (Å²) in [7, 11) is -4.30. The molecule has 12 rings (SSSR count). The van der Waals surface area contributed by atoms with E-state index >= 15 is 0 Å². The first kappa shape index (κ1) is 59.4. The Morgan fingerprint density at radius 3 is 0.600 bits per heavy atom. The summed E-state index contributed by atoms with van der Waals surface area (Å²) >= 11 is 0. The molecule has 85 heavy (non-hydrogen) atoms. The minimum absolute atomic E-state index is 0.168. The molecule has 0 spiro atoms. The second-order valence-corrected chi connectivity index (χ2v) is 24.3. The molecule has 13 nitrogen and oxygen atoms in total. The predicted molar refractivity (Wildman–Crippen MR) is 325 cm³/mol. The Morgan fingerprint density at radius 1 is 0.259 bits per heavy atom. The lowest BCUT2D eigenvalue weighted by Crippen LogP contribution is -2.53. The maximum absolute atomic E-state index is 7.42. The van der Waals surface area contributed by atoms with E-state index in [1.54, 1.807) is 0 Å². The summed E-state index contributed by atoms with van der Waals surface area (Å²) < 4.78 is 89.8. The molecule has 0 aliphatic carbocycles. The Kier molecular flexibility index (Phi) is 18.3. The van der Waals surface area contributed by atoms with E-state index in [0.717, 1.165) is 44.5 Å². The molecule has 0 amide bonds. The summed E-state index contributed by atoms with van der Waals surface area (Å²) in [6.45, 7) is 9.92. The van der Waals surface area contributed by atoms with Crippen LogP contribution in [0.1, 0.15) is 72.2 Å². The van der Waals surface area contributed by atoms with Gasteiger partial charge >= 0.3 is 17.2 Å². The number of ether oxygens (including phenoxy) is 7. The minimum Gasteiger partial charge on any atom is -0.377 e. The van der Waals surface area contributed by atoms with Crippen molar-refractivity contribution in [3.8, 4) is 0 Å². The summed E-state index contributed by atoms with van der Waals surface area (Å²) in [6.07, 6.45) is -2.84. The van der Waals surface area contributed by atoms with Gasteiger partial charge in [-0.15, -0.1) is 0 Å². The van der Waals surface area contributed by atoms with Crippen molar-refractivity contribution in [3.63, 3.8) is 0 Å². The molecule has 15 heteroatoms. The van der Waals surface area contributed by atoms with Crippen LogP contribution in [-0.4, -0.2) is 88.8 Å². The zero-order valence-corrected chi connectivity index (χ0v) is 50.1. The van der Waals surface area contributed by atoms with Gasteiger partial charge in [-0.1, -0.05) is 243 Å². The smallest absolute Gasteiger partial charge is 0.335 e. The van der Waals surface area contributed by atoms with Crippen LogP contribution in [0, 0.1) is 0 Å². The second-order valence-electron chi connectivity index (χ2n) is 22.1. The molecular weight excluding hydrogens is 1110 g/mol. The number of hydrogen-bond donors (Lipinski definition) is 0. The van der Waals surface area contributed by atoms with Gasteiger partial charge in [-0.2, -0.15) is 0 Å². The zero-order valence-electron chi connectivity index (χ0n) is 48.3. The van der Waals surface area contributed by atoms with Gasteiger partial charge in [0.25, 0.3) is 0 Å². The molecule has 4 heterocycles. The Hall–Kier alpha value is -5.90.